The van der Waals surface area contributed by atoms with Crippen LogP contribution >= 0.6 is 0 Å². The molecular weight excluding hydrogens is 408 g/mol. The molecule has 158 valence electrons. The minimum atomic E-state index is -0.0405. The van der Waals surface area contributed by atoms with Crippen molar-refractivity contribution in [3.8, 4) is 40.4 Å². The van der Waals surface area contributed by atoms with Crippen molar-refractivity contribution in [2.24, 2.45) is 4.99 Å². The molecule has 0 fully saturated rings. The lowest BCUT2D eigenvalue weighted by atomic mass is 10.1. The molecule has 7 heteroatoms. The molecule has 0 N–H and O–H groups in total. The normalized spacial score (nSPS) is 12.6. The standard InChI is InChI=1S/C25H18N2O5/c1-28-18-5-2-16(3-6-18)24-14-21(27-17-4-8-23-25(12-17)31-15-30-23)20-13-19(29-11-10-26)7-9-22(20)32-24/h2-9,12-14H,11,15H2,1H3. The van der Waals surface area contributed by atoms with Crippen molar-refractivity contribution in [2.75, 3.05) is 20.5 Å². The van der Waals surface area contributed by atoms with Crippen LogP contribution in [0.3, 0.4) is 0 Å². The van der Waals surface area contributed by atoms with E-state index < -0.39 is 0 Å². The highest BCUT2D eigenvalue weighted by atomic mass is 16.7. The monoisotopic (exact) mass is 426 g/mol. The Labute approximate surface area is 183 Å². The van der Waals surface area contributed by atoms with Crippen LogP contribution in [-0.2, 0) is 0 Å². The highest BCUT2D eigenvalue weighted by Gasteiger charge is 2.13. The molecule has 0 spiro atoms. The molecule has 2 heterocycles. The molecule has 0 saturated carbocycles. The van der Waals surface area contributed by atoms with Crippen LogP contribution in [0, 0.1) is 11.3 Å². The van der Waals surface area contributed by atoms with E-state index in [1.54, 1.807) is 13.2 Å². The van der Waals surface area contributed by atoms with Gasteiger partial charge in [0.1, 0.15) is 28.9 Å². The summed E-state index contributed by atoms with van der Waals surface area (Å²) in [6.45, 7) is 0.161. The number of benzene rings is 3. The summed E-state index contributed by atoms with van der Waals surface area (Å²) in [6.07, 6.45) is 0. The third-order valence-corrected chi connectivity index (χ3v) is 5.00. The van der Waals surface area contributed by atoms with Crippen LogP contribution in [-0.4, -0.2) is 20.5 Å². The van der Waals surface area contributed by atoms with E-state index in [0.717, 1.165) is 16.7 Å². The van der Waals surface area contributed by atoms with Gasteiger partial charge in [0, 0.05) is 23.1 Å². The Hall–Kier alpha value is -4.44. The number of methoxy groups -OCH3 is 1. The van der Waals surface area contributed by atoms with Gasteiger partial charge in [-0.2, -0.15) is 5.26 Å². The zero-order valence-electron chi connectivity index (χ0n) is 17.2. The maximum absolute atomic E-state index is 8.82. The Morgan fingerprint density at radius 3 is 2.56 bits per heavy atom. The fourth-order valence-corrected chi connectivity index (χ4v) is 3.44. The van der Waals surface area contributed by atoms with Crippen molar-refractivity contribution in [1.29, 1.82) is 5.26 Å². The van der Waals surface area contributed by atoms with E-state index in [1.807, 2.05) is 66.7 Å². The van der Waals surface area contributed by atoms with Gasteiger partial charge in [-0.3, -0.25) is 0 Å². The molecule has 0 radical (unpaired) electrons. The second kappa shape index (κ2) is 8.36. The van der Waals surface area contributed by atoms with Gasteiger partial charge in [-0.25, -0.2) is 4.99 Å². The van der Waals surface area contributed by atoms with Crippen LogP contribution in [0.1, 0.15) is 0 Å². The molecule has 0 atom stereocenters. The van der Waals surface area contributed by atoms with Gasteiger partial charge in [0.25, 0.3) is 0 Å². The fourth-order valence-electron chi connectivity index (χ4n) is 3.44. The first kappa shape index (κ1) is 19.5. The first-order valence-corrected chi connectivity index (χ1v) is 9.90. The van der Waals surface area contributed by atoms with E-state index in [-0.39, 0.29) is 13.4 Å². The van der Waals surface area contributed by atoms with E-state index in [2.05, 4.69) is 0 Å². The molecule has 5 rings (SSSR count). The summed E-state index contributed by atoms with van der Waals surface area (Å²) in [4.78, 5) is 4.85. The molecule has 1 aliphatic rings. The number of ether oxygens (including phenoxy) is 4. The van der Waals surface area contributed by atoms with Gasteiger partial charge in [0.15, 0.2) is 18.1 Å². The molecule has 1 aliphatic heterocycles. The molecule has 32 heavy (non-hydrogen) atoms. The molecule has 0 unspecified atom stereocenters. The Morgan fingerprint density at radius 2 is 1.75 bits per heavy atom. The Balaban J connectivity index is 1.68. The number of fused-ring (bicyclic) bond motifs is 2. The van der Waals surface area contributed by atoms with Gasteiger partial charge in [0.05, 0.1) is 18.2 Å². The zero-order valence-corrected chi connectivity index (χ0v) is 17.2. The van der Waals surface area contributed by atoms with Gasteiger partial charge < -0.3 is 23.4 Å². The summed E-state index contributed by atoms with van der Waals surface area (Å²) in [5.41, 5.74) is 2.24. The molecule has 0 bridgehead atoms. The van der Waals surface area contributed by atoms with E-state index >= 15 is 0 Å². The second-order valence-corrected chi connectivity index (χ2v) is 6.98. The highest BCUT2D eigenvalue weighted by molar-refractivity contribution is 5.80. The Morgan fingerprint density at radius 1 is 0.938 bits per heavy atom. The topological polar surface area (TPSA) is 86.2 Å². The maximum Gasteiger partial charge on any atom is 0.231 e. The molecule has 3 aromatic carbocycles. The van der Waals surface area contributed by atoms with Gasteiger partial charge in [0.2, 0.25) is 6.79 Å². The van der Waals surface area contributed by atoms with E-state index in [0.29, 0.717) is 39.6 Å². The predicted octanol–water partition coefficient (Wildman–Crippen LogP) is 4.97. The summed E-state index contributed by atoms with van der Waals surface area (Å²) in [7, 11) is 1.63. The molecule has 1 aromatic heterocycles. The lowest BCUT2D eigenvalue weighted by molar-refractivity contribution is 0.174. The number of hydrogen-bond acceptors (Lipinski definition) is 7. The molecule has 0 amide bonds. The van der Waals surface area contributed by atoms with Crippen LogP contribution in [0.5, 0.6) is 23.0 Å². The van der Waals surface area contributed by atoms with E-state index in [4.69, 9.17) is 33.6 Å². The summed E-state index contributed by atoms with van der Waals surface area (Å²) in [6, 6.07) is 22.4. The lowest BCUT2D eigenvalue weighted by Gasteiger charge is -2.08. The van der Waals surface area contributed by atoms with Gasteiger partial charge in [-0.15, -0.1) is 0 Å². The van der Waals surface area contributed by atoms with Crippen molar-refractivity contribution >= 4 is 16.7 Å². The molecule has 7 nitrogen and oxygen atoms in total. The quantitative estimate of drug-likeness (QED) is 0.448. The van der Waals surface area contributed by atoms with Crippen LogP contribution in [0.15, 0.2) is 76.1 Å². The average molecular weight is 426 g/mol. The van der Waals surface area contributed by atoms with Gasteiger partial charge >= 0.3 is 0 Å². The summed E-state index contributed by atoms with van der Waals surface area (Å²) >= 11 is 0. The van der Waals surface area contributed by atoms with E-state index in [9.17, 15) is 0 Å². The van der Waals surface area contributed by atoms with Crippen LogP contribution < -0.4 is 24.3 Å². The second-order valence-electron chi connectivity index (χ2n) is 6.98. The first-order chi connectivity index (χ1) is 15.7. The van der Waals surface area contributed by atoms with Crippen molar-refractivity contribution in [3.05, 3.63) is 72.1 Å². The van der Waals surface area contributed by atoms with Crippen molar-refractivity contribution in [1.82, 2.24) is 0 Å². The van der Waals surface area contributed by atoms with Crippen molar-refractivity contribution in [3.63, 3.8) is 0 Å². The van der Waals surface area contributed by atoms with Crippen molar-refractivity contribution in [2.45, 2.75) is 0 Å². The average Bonchev–Trinajstić information content (AvgIpc) is 3.31. The predicted molar refractivity (Wildman–Crippen MR) is 117 cm³/mol. The summed E-state index contributed by atoms with van der Waals surface area (Å²) < 4.78 is 27.8. The summed E-state index contributed by atoms with van der Waals surface area (Å²) in [5, 5.41) is 10.3. The number of nitriles is 1. The van der Waals surface area contributed by atoms with Gasteiger partial charge in [-0.05, 0) is 54.6 Å². The maximum atomic E-state index is 8.82. The zero-order chi connectivity index (χ0) is 21.9. The Kier molecular flexibility index (Phi) is 5.10. The molecular formula is C25H18N2O5. The molecule has 0 saturated heterocycles. The first-order valence-electron chi connectivity index (χ1n) is 9.90. The van der Waals surface area contributed by atoms with Crippen LogP contribution in [0.4, 0.5) is 5.69 Å². The molecule has 0 aliphatic carbocycles. The van der Waals surface area contributed by atoms with Crippen LogP contribution in [0.25, 0.3) is 22.3 Å². The van der Waals surface area contributed by atoms with E-state index in [1.165, 1.54) is 0 Å². The largest absolute Gasteiger partial charge is 0.497 e. The SMILES string of the molecule is COc1ccc(-c2cc(=Nc3ccc4c(c3)OCO4)c3cc(OCC#N)ccc3o2)cc1. The van der Waals surface area contributed by atoms with Crippen LogP contribution in [0.2, 0.25) is 0 Å². The smallest absolute Gasteiger partial charge is 0.231 e. The summed E-state index contributed by atoms with van der Waals surface area (Å²) in [5.74, 6) is 3.34. The molecule has 4 aromatic rings. The fraction of sp³-hybridized carbons (Fsp3) is 0.120. The Bertz CT molecular complexity index is 1400. The minimum Gasteiger partial charge on any atom is -0.497 e. The van der Waals surface area contributed by atoms with Gasteiger partial charge in [-0.1, -0.05) is 0 Å². The third-order valence-electron chi connectivity index (χ3n) is 5.00. The number of nitrogens with zero attached hydrogens (tertiary/aromatic N) is 2. The minimum absolute atomic E-state index is 0.0405. The lowest BCUT2D eigenvalue weighted by Crippen LogP contribution is -2.04. The number of hydrogen-bond donors (Lipinski definition) is 0. The number of rotatable bonds is 5. The highest BCUT2D eigenvalue weighted by Crippen LogP contribution is 2.35. The third kappa shape index (κ3) is 3.82. The van der Waals surface area contributed by atoms with Crippen molar-refractivity contribution < 1.29 is 23.4 Å².